The second-order valence-corrected chi connectivity index (χ2v) is 7.30. The van der Waals surface area contributed by atoms with Crippen LogP contribution in [0.25, 0.3) is 5.69 Å². The number of methoxy groups -OCH3 is 1. The van der Waals surface area contributed by atoms with E-state index in [-0.39, 0.29) is 6.04 Å². The highest BCUT2D eigenvalue weighted by atomic mass is 35.5. The van der Waals surface area contributed by atoms with E-state index in [1.165, 1.54) is 5.56 Å². The van der Waals surface area contributed by atoms with Crippen LogP contribution in [0.5, 0.6) is 5.75 Å². The van der Waals surface area contributed by atoms with Gasteiger partial charge in [-0.1, -0.05) is 23.7 Å². The predicted octanol–water partition coefficient (Wildman–Crippen LogP) is 2.91. The summed E-state index contributed by atoms with van der Waals surface area (Å²) in [5.41, 5.74) is 3.17. The standard InChI is InChI=1S/C20H23ClN6O/c1-28-19-8-7-17(27-13-24-25-26-27)11-15(19)12-23-18-6-3-9-22-20(18)14-4-2-5-16(21)10-14/h2,4-5,7-8,10-11,13,18,20,22-23H,3,6,9,12H2,1H3/t18-,20-/m1/s1. The van der Waals surface area contributed by atoms with E-state index in [2.05, 4.69) is 32.2 Å². The first-order valence-corrected chi connectivity index (χ1v) is 9.75. The molecule has 0 amide bonds. The summed E-state index contributed by atoms with van der Waals surface area (Å²) in [6.45, 7) is 1.69. The van der Waals surface area contributed by atoms with Crippen LogP contribution in [0.1, 0.15) is 30.0 Å². The molecule has 2 aromatic carbocycles. The Morgan fingerprint density at radius 1 is 1.29 bits per heavy atom. The zero-order valence-corrected chi connectivity index (χ0v) is 16.4. The van der Waals surface area contributed by atoms with E-state index in [9.17, 15) is 0 Å². The van der Waals surface area contributed by atoms with Gasteiger partial charge in [0.1, 0.15) is 12.1 Å². The molecule has 0 unspecified atom stereocenters. The number of halogens is 1. The van der Waals surface area contributed by atoms with Crippen LogP contribution in [-0.2, 0) is 6.54 Å². The van der Waals surface area contributed by atoms with Crippen molar-refractivity contribution in [2.45, 2.75) is 31.5 Å². The lowest BCUT2D eigenvalue weighted by molar-refractivity contribution is 0.303. The number of hydrogen-bond donors (Lipinski definition) is 2. The number of ether oxygens (including phenoxy) is 1. The lowest BCUT2D eigenvalue weighted by Gasteiger charge is -2.34. The minimum Gasteiger partial charge on any atom is -0.496 e. The number of nitrogens with one attached hydrogen (secondary N) is 2. The topological polar surface area (TPSA) is 76.9 Å². The summed E-state index contributed by atoms with van der Waals surface area (Å²) in [5.74, 6) is 0.840. The van der Waals surface area contributed by atoms with Gasteiger partial charge in [-0.15, -0.1) is 5.10 Å². The zero-order valence-electron chi connectivity index (χ0n) is 15.7. The summed E-state index contributed by atoms with van der Waals surface area (Å²) in [5, 5.41) is 19.5. The Morgan fingerprint density at radius 2 is 2.21 bits per heavy atom. The number of tetrazole rings is 1. The van der Waals surface area contributed by atoms with Gasteiger partial charge in [0.25, 0.3) is 0 Å². The maximum Gasteiger partial charge on any atom is 0.143 e. The average Bonchev–Trinajstić information content (AvgIpc) is 3.27. The molecule has 1 saturated heterocycles. The van der Waals surface area contributed by atoms with Gasteiger partial charge >= 0.3 is 0 Å². The SMILES string of the molecule is COc1ccc(-n2cnnn2)cc1CN[C@@H]1CCCN[C@@H]1c1cccc(Cl)c1. The zero-order chi connectivity index (χ0) is 19.3. The van der Waals surface area contributed by atoms with E-state index >= 15 is 0 Å². The third kappa shape index (κ3) is 4.16. The van der Waals surface area contributed by atoms with Gasteiger partial charge in [0.05, 0.1) is 12.8 Å². The first kappa shape index (κ1) is 18.9. The summed E-state index contributed by atoms with van der Waals surface area (Å²) < 4.78 is 7.19. The fraction of sp³-hybridized carbons (Fsp3) is 0.350. The number of piperidine rings is 1. The van der Waals surface area contributed by atoms with Crippen LogP contribution in [0.15, 0.2) is 48.8 Å². The third-order valence-corrected chi connectivity index (χ3v) is 5.33. The Bertz CT molecular complexity index is 917. The normalized spacial score (nSPS) is 19.5. The second-order valence-electron chi connectivity index (χ2n) is 6.87. The van der Waals surface area contributed by atoms with Crippen molar-refractivity contribution in [2.75, 3.05) is 13.7 Å². The van der Waals surface area contributed by atoms with Crippen molar-refractivity contribution in [1.82, 2.24) is 30.8 Å². The van der Waals surface area contributed by atoms with Gasteiger partial charge < -0.3 is 15.4 Å². The third-order valence-electron chi connectivity index (χ3n) is 5.10. The molecule has 0 saturated carbocycles. The molecule has 0 bridgehead atoms. The summed E-state index contributed by atoms with van der Waals surface area (Å²) in [6, 6.07) is 14.5. The van der Waals surface area contributed by atoms with Crippen molar-refractivity contribution in [1.29, 1.82) is 0 Å². The van der Waals surface area contributed by atoms with E-state index in [0.717, 1.165) is 41.4 Å². The van der Waals surface area contributed by atoms with Gasteiger partial charge in [-0.2, -0.15) is 0 Å². The predicted molar refractivity (Wildman–Crippen MR) is 108 cm³/mol. The number of hydrogen-bond acceptors (Lipinski definition) is 6. The largest absolute Gasteiger partial charge is 0.496 e. The smallest absolute Gasteiger partial charge is 0.143 e. The lowest BCUT2D eigenvalue weighted by Crippen LogP contribution is -2.45. The first-order chi connectivity index (χ1) is 13.7. The summed E-state index contributed by atoms with van der Waals surface area (Å²) in [7, 11) is 1.69. The van der Waals surface area contributed by atoms with E-state index < -0.39 is 0 Å². The minimum atomic E-state index is 0.223. The van der Waals surface area contributed by atoms with E-state index in [1.807, 2.05) is 36.4 Å². The molecular weight excluding hydrogens is 376 g/mol. The van der Waals surface area contributed by atoms with Gasteiger partial charge in [0, 0.05) is 29.2 Å². The van der Waals surface area contributed by atoms with Gasteiger partial charge in [-0.05, 0) is 65.7 Å². The molecule has 0 spiro atoms. The van der Waals surface area contributed by atoms with Gasteiger partial charge in [0.2, 0.25) is 0 Å². The molecule has 1 aliphatic rings. The summed E-state index contributed by atoms with van der Waals surface area (Å²) in [4.78, 5) is 0. The molecule has 2 N–H and O–H groups in total. The van der Waals surface area contributed by atoms with E-state index in [1.54, 1.807) is 18.1 Å². The van der Waals surface area contributed by atoms with Gasteiger partial charge in [-0.25, -0.2) is 4.68 Å². The molecule has 1 aliphatic heterocycles. The molecule has 0 radical (unpaired) electrons. The van der Waals surface area contributed by atoms with Crippen molar-refractivity contribution in [3.63, 3.8) is 0 Å². The van der Waals surface area contributed by atoms with Crippen LogP contribution in [-0.4, -0.2) is 39.9 Å². The molecule has 3 aromatic rings. The van der Waals surface area contributed by atoms with Crippen LogP contribution in [0.3, 0.4) is 0 Å². The lowest BCUT2D eigenvalue weighted by atomic mass is 9.92. The Balaban J connectivity index is 1.53. The van der Waals surface area contributed by atoms with Crippen LogP contribution in [0.4, 0.5) is 0 Å². The van der Waals surface area contributed by atoms with Crippen LogP contribution >= 0.6 is 11.6 Å². The highest BCUT2D eigenvalue weighted by Crippen LogP contribution is 2.27. The Labute approximate surface area is 169 Å². The molecule has 146 valence electrons. The second kappa shape index (κ2) is 8.68. The Morgan fingerprint density at radius 3 is 3.00 bits per heavy atom. The maximum absolute atomic E-state index is 6.21. The minimum absolute atomic E-state index is 0.223. The number of benzene rings is 2. The average molecular weight is 399 g/mol. The van der Waals surface area contributed by atoms with Crippen molar-refractivity contribution in [3.05, 3.63) is 64.9 Å². The Kier molecular flexibility index (Phi) is 5.85. The highest BCUT2D eigenvalue weighted by Gasteiger charge is 2.26. The molecule has 7 nitrogen and oxygen atoms in total. The van der Waals surface area contributed by atoms with Crippen molar-refractivity contribution < 1.29 is 4.74 Å². The monoisotopic (exact) mass is 398 g/mol. The fourth-order valence-electron chi connectivity index (χ4n) is 3.72. The van der Waals surface area contributed by atoms with Crippen molar-refractivity contribution in [2.24, 2.45) is 0 Å². The molecule has 2 atom stereocenters. The molecule has 28 heavy (non-hydrogen) atoms. The fourth-order valence-corrected chi connectivity index (χ4v) is 3.92. The summed E-state index contributed by atoms with van der Waals surface area (Å²) in [6.07, 6.45) is 3.81. The summed E-state index contributed by atoms with van der Waals surface area (Å²) >= 11 is 6.21. The molecule has 4 rings (SSSR count). The number of rotatable bonds is 6. The van der Waals surface area contributed by atoms with Gasteiger partial charge in [-0.3, -0.25) is 0 Å². The van der Waals surface area contributed by atoms with Crippen molar-refractivity contribution >= 4 is 11.6 Å². The van der Waals surface area contributed by atoms with E-state index in [4.69, 9.17) is 16.3 Å². The molecule has 8 heteroatoms. The molecule has 1 fully saturated rings. The maximum atomic E-state index is 6.21. The van der Waals surface area contributed by atoms with Crippen LogP contribution in [0, 0.1) is 0 Å². The Hall–Kier alpha value is -2.48. The molecule has 2 heterocycles. The van der Waals surface area contributed by atoms with E-state index in [0.29, 0.717) is 12.6 Å². The van der Waals surface area contributed by atoms with Gasteiger partial charge in [0.15, 0.2) is 0 Å². The first-order valence-electron chi connectivity index (χ1n) is 9.37. The van der Waals surface area contributed by atoms with Crippen LogP contribution in [0.2, 0.25) is 5.02 Å². The molecule has 0 aliphatic carbocycles. The molecular formula is C20H23ClN6O. The number of aromatic nitrogens is 4. The highest BCUT2D eigenvalue weighted by molar-refractivity contribution is 6.30. The van der Waals surface area contributed by atoms with Crippen molar-refractivity contribution in [3.8, 4) is 11.4 Å². The number of nitrogens with zero attached hydrogens (tertiary/aromatic N) is 4. The van der Waals surface area contributed by atoms with Crippen LogP contribution < -0.4 is 15.4 Å². The quantitative estimate of drug-likeness (QED) is 0.664. The molecule has 1 aromatic heterocycles.